The third-order valence-corrected chi connectivity index (χ3v) is 2.99. The number of anilines is 2. The summed E-state index contributed by atoms with van der Waals surface area (Å²) in [6, 6.07) is 16.5. The highest BCUT2D eigenvalue weighted by Crippen LogP contribution is 2.21. The molecule has 1 heterocycles. The Morgan fingerprint density at radius 2 is 1.90 bits per heavy atom. The summed E-state index contributed by atoms with van der Waals surface area (Å²) in [5.74, 6) is 0.722. The van der Waals surface area contributed by atoms with E-state index >= 15 is 0 Å². The van der Waals surface area contributed by atoms with Gasteiger partial charge in [-0.05, 0) is 24.3 Å². The van der Waals surface area contributed by atoms with E-state index in [9.17, 15) is 4.79 Å². The van der Waals surface area contributed by atoms with Crippen molar-refractivity contribution >= 4 is 22.3 Å². The van der Waals surface area contributed by atoms with Gasteiger partial charge in [-0.2, -0.15) is 0 Å². The van der Waals surface area contributed by atoms with Gasteiger partial charge in [0.2, 0.25) is 0 Å². The first-order valence-corrected chi connectivity index (χ1v) is 6.20. The molecule has 3 rings (SSSR count). The minimum Gasteiger partial charge on any atom is -0.497 e. The van der Waals surface area contributed by atoms with Gasteiger partial charge in [0.15, 0.2) is 0 Å². The SMILES string of the molecule is COc1cccc(Nc2cc3ccccc3oc2=O)c1. The van der Waals surface area contributed by atoms with E-state index in [4.69, 9.17) is 9.15 Å². The van der Waals surface area contributed by atoms with E-state index in [0.717, 1.165) is 16.8 Å². The molecule has 0 bridgehead atoms. The molecule has 1 aromatic heterocycles. The van der Waals surface area contributed by atoms with E-state index in [1.807, 2.05) is 42.5 Å². The Labute approximate surface area is 115 Å². The van der Waals surface area contributed by atoms with Crippen molar-refractivity contribution in [2.75, 3.05) is 12.4 Å². The van der Waals surface area contributed by atoms with Crippen LogP contribution in [-0.2, 0) is 0 Å². The molecule has 0 aliphatic rings. The summed E-state index contributed by atoms with van der Waals surface area (Å²) >= 11 is 0. The molecule has 0 radical (unpaired) electrons. The lowest BCUT2D eigenvalue weighted by Gasteiger charge is -2.07. The van der Waals surface area contributed by atoms with Crippen LogP contribution in [0.1, 0.15) is 0 Å². The maximum atomic E-state index is 11.9. The fourth-order valence-electron chi connectivity index (χ4n) is 2.01. The van der Waals surface area contributed by atoms with Gasteiger partial charge in [-0.15, -0.1) is 0 Å². The van der Waals surface area contributed by atoms with Crippen LogP contribution < -0.4 is 15.7 Å². The van der Waals surface area contributed by atoms with E-state index < -0.39 is 5.63 Å². The highest BCUT2D eigenvalue weighted by Gasteiger charge is 2.05. The zero-order valence-corrected chi connectivity index (χ0v) is 10.9. The monoisotopic (exact) mass is 267 g/mol. The van der Waals surface area contributed by atoms with Gasteiger partial charge in [0.05, 0.1) is 7.11 Å². The number of rotatable bonds is 3. The van der Waals surface area contributed by atoms with Crippen LogP contribution in [0.4, 0.5) is 11.4 Å². The minimum absolute atomic E-state index is 0.397. The molecule has 20 heavy (non-hydrogen) atoms. The summed E-state index contributed by atoms with van der Waals surface area (Å²) in [5, 5.41) is 3.93. The van der Waals surface area contributed by atoms with Gasteiger partial charge < -0.3 is 14.5 Å². The molecular formula is C16H13NO3. The highest BCUT2D eigenvalue weighted by molar-refractivity contribution is 5.80. The smallest absolute Gasteiger partial charge is 0.360 e. The molecule has 4 heteroatoms. The van der Waals surface area contributed by atoms with Gasteiger partial charge in [-0.1, -0.05) is 24.3 Å². The molecule has 3 aromatic rings. The summed E-state index contributed by atoms with van der Waals surface area (Å²) in [7, 11) is 1.60. The summed E-state index contributed by atoms with van der Waals surface area (Å²) in [6.45, 7) is 0. The van der Waals surface area contributed by atoms with Crippen molar-refractivity contribution in [3.63, 3.8) is 0 Å². The van der Waals surface area contributed by atoms with Crippen LogP contribution in [-0.4, -0.2) is 7.11 Å². The van der Waals surface area contributed by atoms with Gasteiger partial charge in [0.1, 0.15) is 17.0 Å². The normalized spacial score (nSPS) is 10.4. The van der Waals surface area contributed by atoms with Gasteiger partial charge in [0, 0.05) is 17.1 Å². The van der Waals surface area contributed by atoms with Crippen molar-refractivity contribution in [2.45, 2.75) is 0 Å². The van der Waals surface area contributed by atoms with Crippen molar-refractivity contribution in [3.8, 4) is 5.75 Å². The Kier molecular flexibility index (Phi) is 3.13. The van der Waals surface area contributed by atoms with E-state index in [-0.39, 0.29) is 0 Å². The average molecular weight is 267 g/mol. The first-order valence-electron chi connectivity index (χ1n) is 6.20. The van der Waals surface area contributed by atoms with Gasteiger partial charge in [0.25, 0.3) is 0 Å². The van der Waals surface area contributed by atoms with Crippen LogP contribution in [0.5, 0.6) is 5.75 Å². The second kappa shape index (κ2) is 5.09. The lowest BCUT2D eigenvalue weighted by Crippen LogP contribution is -2.06. The topological polar surface area (TPSA) is 51.5 Å². The first kappa shape index (κ1) is 12.3. The molecule has 0 saturated carbocycles. The molecule has 2 aromatic carbocycles. The molecule has 0 unspecified atom stereocenters. The number of nitrogens with one attached hydrogen (secondary N) is 1. The fraction of sp³-hybridized carbons (Fsp3) is 0.0625. The zero-order valence-electron chi connectivity index (χ0n) is 10.9. The Hall–Kier alpha value is -2.75. The fourth-order valence-corrected chi connectivity index (χ4v) is 2.01. The van der Waals surface area contributed by atoms with Crippen molar-refractivity contribution in [1.82, 2.24) is 0 Å². The molecule has 4 nitrogen and oxygen atoms in total. The van der Waals surface area contributed by atoms with E-state index in [0.29, 0.717) is 11.3 Å². The Morgan fingerprint density at radius 3 is 2.75 bits per heavy atom. The van der Waals surface area contributed by atoms with Crippen LogP contribution in [0.15, 0.2) is 63.8 Å². The van der Waals surface area contributed by atoms with E-state index in [1.165, 1.54) is 0 Å². The largest absolute Gasteiger partial charge is 0.497 e. The molecule has 0 spiro atoms. The summed E-state index contributed by atoms with van der Waals surface area (Å²) in [5.41, 5.74) is 1.35. The molecule has 0 saturated heterocycles. The Bertz CT molecular complexity index is 808. The van der Waals surface area contributed by atoms with E-state index in [2.05, 4.69) is 5.32 Å². The average Bonchev–Trinajstić information content (AvgIpc) is 2.48. The van der Waals surface area contributed by atoms with Crippen LogP contribution in [0.3, 0.4) is 0 Å². The predicted molar refractivity (Wildman–Crippen MR) is 78.8 cm³/mol. The third-order valence-electron chi connectivity index (χ3n) is 2.99. The number of ether oxygens (including phenoxy) is 1. The van der Waals surface area contributed by atoms with E-state index in [1.54, 1.807) is 19.2 Å². The maximum absolute atomic E-state index is 11.9. The van der Waals surface area contributed by atoms with Gasteiger partial charge in [-0.3, -0.25) is 0 Å². The Balaban J connectivity index is 2.01. The number of methoxy groups -OCH3 is 1. The number of hydrogen-bond acceptors (Lipinski definition) is 4. The van der Waals surface area contributed by atoms with Crippen LogP contribution in [0.2, 0.25) is 0 Å². The van der Waals surface area contributed by atoms with Crippen molar-refractivity contribution in [2.24, 2.45) is 0 Å². The molecule has 0 atom stereocenters. The second-order valence-electron chi connectivity index (χ2n) is 4.34. The highest BCUT2D eigenvalue weighted by atomic mass is 16.5. The summed E-state index contributed by atoms with van der Waals surface area (Å²) in [6.07, 6.45) is 0. The zero-order chi connectivity index (χ0) is 13.9. The first-order chi connectivity index (χ1) is 9.76. The third kappa shape index (κ3) is 2.36. The molecule has 0 fully saturated rings. The number of fused-ring (bicyclic) bond motifs is 1. The van der Waals surface area contributed by atoms with Crippen molar-refractivity contribution in [1.29, 1.82) is 0 Å². The molecule has 0 aliphatic heterocycles. The predicted octanol–water partition coefficient (Wildman–Crippen LogP) is 3.55. The molecule has 0 amide bonds. The van der Waals surface area contributed by atoms with Crippen molar-refractivity contribution < 1.29 is 9.15 Å². The summed E-state index contributed by atoms with van der Waals surface area (Å²) in [4.78, 5) is 11.9. The van der Waals surface area contributed by atoms with Gasteiger partial charge >= 0.3 is 5.63 Å². The quantitative estimate of drug-likeness (QED) is 0.737. The Morgan fingerprint density at radius 1 is 1.05 bits per heavy atom. The van der Waals surface area contributed by atoms with Crippen LogP contribution in [0, 0.1) is 0 Å². The van der Waals surface area contributed by atoms with Gasteiger partial charge in [-0.25, -0.2) is 4.79 Å². The lowest BCUT2D eigenvalue weighted by atomic mass is 10.2. The number of benzene rings is 2. The molecule has 0 aliphatic carbocycles. The minimum atomic E-state index is -0.397. The van der Waals surface area contributed by atoms with Crippen molar-refractivity contribution in [3.05, 3.63) is 65.0 Å². The van der Waals surface area contributed by atoms with Crippen LogP contribution >= 0.6 is 0 Å². The standard InChI is InChI=1S/C16H13NO3/c1-19-13-7-4-6-12(10-13)17-14-9-11-5-2-3-8-15(11)20-16(14)18/h2-10,17H,1H3. The number of hydrogen-bond donors (Lipinski definition) is 1. The molecule has 1 N–H and O–H groups in total. The second-order valence-corrected chi connectivity index (χ2v) is 4.34. The molecular weight excluding hydrogens is 254 g/mol. The molecule has 100 valence electrons. The lowest BCUT2D eigenvalue weighted by molar-refractivity contribution is 0.415. The maximum Gasteiger partial charge on any atom is 0.360 e. The summed E-state index contributed by atoms with van der Waals surface area (Å²) < 4.78 is 10.4. The van der Waals surface area contributed by atoms with Crippen LogP contribution in [0.25, 0.3) is 11.0 Å². The number of para-hydroxylation sites is 1.